The van der Waals surface area contributed by atoms with E-state index in [-0.39, 0.29) is 0 Å². The van der Waals surface area contributed by atoms with Gasteiger partial charge in [-0.05, 0) is 33.7 Å². The van der Waals surface area contributed by atoms with Crippen LogP contribution in [-0.2, 0) is 6.54 Å². The average molecular weight is 209 g/mol. The van der Waals surface area contributed by atoms with Crippen LogP contribution in [0.5, 0.6) is 0 Å². The second-order valence-electron chi connectivity index (χ2n) is 4.35. The summed E-state index contributed by atoms with van der Waals surface area (Å²) in [5, 5.41) is 14.9. The largest absolute Gasteiger partial charge is 0.352 e. The number of hydrogen-bond acceptors (Lipinski definition) is 4. The molecule has 0 aliphatic heterocycles. The second kappa shape index (κ2) is 4.18. The Morgan fingerprint density at radius 2 is 2.13 bits per heavy atom. The van der Waals surface area contributed by atoms with Gasteiger partial charge in [0.15, 0.2) is 0 Å². The summed E-state index contributed by atoms with van der Waals surface area (Å²) in [6, 6.07) is 1.01. The Labute approximate surface area is 90.3 Å². The maximum Gasteiger partial charge on any atom is 0.225 e. The Morgan fingerprint density at radius 1 is 1.40 bits per heavy atom. The van der Waals surface area contributed by atoms with Gasteiger partial charge in [-0.15, -0.1) is 10.2 Å². The molecular weight excluding hydrogens is 190 g/mol. The highest BCUT2D eigenvalue weighted by Gasteiger charge is 2.24. The van der Waals surface area contributed by atoms with Gasteiger partial charge in [0.1, 0.15) is 5.82 Å². The first-order valence-corrected chi connectivity index (χ1v) is 5.57. The molecule has 1 saturated carbocycles. The van der Waals surface area contributed by atoms with Crippen LogP contribution in [0.3, 0.4) is 0 Å². The molecule has 1 aromatic heterocycles. The molecule has 1 aromatic rings. The molecule has 0 spiro atoms. The first-order valence-electron chi connectivity index (χ1n) is 5.57. The van der Waals surface area contributed by atoms with E-state index in [1.165, 1.54) is 12.8 Å². The highest BCUT2D eigenvalue weighted by Crippen LogP contribution is 2.25. The normalized spacial score (nSPS) is 16.0. The summed E-state index contributed by atoms with van der Waals surface area (Å²) in [7, 11) is 1.92. The lowest BCUT2D eigenvalue weighted by atomic mass is 10.4. The molecule has 1 aliphatic rings. The molecule has 5 nitrogen and oxygen atoms in total. The number of anilines is 1. The summed E-state index contributed by atoms with van der Waals surface area (Å²) in [6.45, 7) is 5.07. The van der Waals surface area contributed by atoms with Crippen molar-refractivity contribution in [3.63, 3.8) is 0 Å². The van der Waals surface area contributed by atoms with Crippen molar-refractivity contribution >= 4 is 5.95 Å². The molecule has 2 N–H and O–H groups in total. The minimum atomic E-state index is 0.393. The van der Waals surface area contributed by atoms with E-state index in [0.29, 0.717) is 12.1 Å². The fraction of sp³-hybridized carbons (Fsp3) is 0.800. The molecule has 1 aliphatic carbocycles. The Kier molecular flexibility index (Phi) is 2.90. The molecule has 0 amide bonds. The highest BCUT2D eigenvalue weighted by atomic mass is 15.4. The third kappa shape index (κ3) is 2.28. The highest BCUT2D eigenvalue weighted by molar-refractivity contribution is 5.30. The van der Waals surface area contributed by atoms with Gasteiger partial charge in [-0.2, -0.15) is 0 Å². The van der Waals surface area contributed by atoms with Gasteiger partial charge in [-0.3, -0.25) is 4.57 Å². The standard InChI is InChI=1S/C10H19N5/c1-7(2)15-9(6-11-3)13-14-10(15)12-8-4-5-8/h7-8,11H,4-6H2,1-3H3,(H,12,14). The molecule has 0 bridgehead atoms. The number of hydrogen-bond donors (Lipinski definition) is 2. The van der Waals surface area contributed by atoms with Crippen LogP contribution in [0, 0.1) is 0 Å². The molecule has 0 aromatic carbocycles. The summed E-state index contributed by atoms with van der Waals surface area (Å²) in [5.41, 5.74) is 0. The monoisotopic (exact) mass is 209 g/mol. The zero-order valence-corrected chi connectivity index (χ0v) is 9.62. The van der Waals surface area contributed by atoms with Crippen LogP contribution in [0.1, 0.15) is 38.6 Å². The first-order chi connectivity index (χ1) is 7.22. The molecule has 5 heteroatoms. The van der Waals surface area contributed by atoms with Gasteiger partial charge in [0.25, 0.3) is 0 Å². The van der Waals surface area contributed by atoms with Crippen molar-refractivity contribution < 1.29 is 0 Å². The first kappa shape index (κ1) is 10.4. The van der Waals surface area contributed by atoms with E-state index in [0.717, 1.165) is 18.3 Å². The molecule has 0 unspecified atom stereocenters. The van der Waals surface area contributed by atoms with E-state index in [4.69, 9.17) is 0 Å². The molecule has 84 valence electrons. The van der Waals surface area contributed by atoms with Crippen LogP contribution in [-0.4, -0.2) is 27.9 Å². The minimum Gasteiger partial charge on any atom is -0.352 e. The number of nitrogens with one attached hydrogen (secondary N) is 2. The fourth-order valence-electron chi connectivity index (χ4n) is 1.65. The average Bonchev–Trinajstić information content (AvgIpc) is 2.88. The van der Waals surface area contributed by atoms with Crippen LogP contribution in [0.25, 0.3) is 0 Å². The van der Waals surface area contributed by atoms with E-state index in [1.54, 1.807) is 0 Å². The summed E-state index contributed by atoms with van der Waals surface area (Å²) in [6.07, 6.45) is 2.51. The lowest BCUT2D eigenvalue weighted by Crippen LogP contribution is -2.16. The van der Waals surface area contributed by atoms with E-state index in [2.05, 4.69) is 39.2 Å². The van der Waals surface area contributed by atoms with Gasteiger partial charge in [-0.1, -0.05) is 0 Å². The molecule has 0 saturated heterocycles. The Hall–Kier alpha value is -1.10. The predicted octanol–water partition coefficient (Wildman–Crippen LogP) is 1.15. The van der Waals surface area contributed by atoms with Crippen LogP contribution in [0.2, 0.25) is 0 Å². The molecule has 0 atom stereocenters. The predicted molar refractivity (Wildman–Crippen MR) is 59.8 cm³/mol. The maximum absolute atomic E-state index is 4.20. The van der Waals surface area contributed by atoms with Crippen molar-refractivity contribution in [1.82, 2.24) is 20.1 Å². The van der Waals surface area contributed by atoms with E-state index >= 15 is 0 Å². The van der Waals surface area contributed by atoms with E-state index in [9.17, 15) is 0 Å². The zero-order chi connectivity index (χ0) is 10.8. The summed E-state index contributed by atoms with van der Waals surface area (Å²) in [5.74, 6) is 1.91. The van der Waals surface area contributed by atoms with Crippen molar-refractivity contribution in [3.05, 3.63) is 5.82 Å². The molecule has 2 rings (SSSR count). The van der Waals surface area contributed by atoms with E-state index in [1.807, 2.05) is 7.05 Å². The van der Waals surface area contributed by atoms with E-state index < -0.39 is 0 Å². The van der Waals surface area contributed by atoms with Crippen molar-refractivity contribution in [1.29, 1.82) is 0 Å². The van der Waals surface area contributed by atoms with Gasteiger partial charge < -0.3 is 10.6 Å². The molecule has 1 heterocycles. The summed E-state index contributed by atoms with van der Waals surface area (Å²) in [4.78, 5) is 0. The Morgan fingerprint density at radius 3 is 2.67 bits per heavy atom. The van der Waals surface area contributed by atoms with Gasteiger partial charge in [-0.25, -0.2) is 0 Å². The topological polar surface area (TPSA) is 54.8 Å². The SMILES string of the molecule is CNCc1nnc(NC2CC2)n1C(C)C. The maximum atomic E-state index is 4.20. The molecular formula is C10H19N5. The zero-order valence-electron chi connectivity index (χ0n) is 9.62. The Bertz CT molecular complexity index is 327. The van der Waals surface area contributed by atoms with Crippen molar-refractivity contribution in [2.45, 2.75) is 45.3 Å². The lowest BCUT2D eigenvalue weighted by molar-refractivity contribution is 0.559. The Balaban J connectivity index is 2.19. The molecule has 1 fully saturated rings. The van der Waals surface area contributed by atoms with Crippen LogP contribution >= 0.6 is 0 Å². The summed E-state index contributed by atoms with van der Waals surface area (Å²) < 4.78 is 2.16. The smallest absolute Gasteiger partial charge is 0.225 e. The van der Waals surface area contributed by atoms with Crippen LogP contribution in [0.15, 0.2) is 0 Å². The van der Waals surface area contributed by atoms with Gasteiger partial charge in [0.05, 0.1) is 6.54 Å². The quantitative estimate of drug-likeness (QED) is 0.764. The number of rotatable bonds is 5. The number of aromatic nitrogens is 3. The lowest BCUT2D eigenvalue weighted by Gasteiger charge is -2.14. The van der Waals surface area contributed by atoms with Gasteiger partial charge in [0, 0.05) is 12.1 Å². The van der Waals surface area contributed by atoms with Crippen molar-refractivity contribution in [3.8, 4) is 0 Å². The van der Waals surface area contributed by atoms with Gasteiger partial charge in [0.2, 0.25) is 5.95 Å². The fourth-order valence-corrected chi connectivity index (χ4v) is 1.65. The third-order valence-corrected chi connectivity index (χ3v) is 2.53. The second-order valence-corrected chi connectivity index (χ2v) is 4.35. The molecule has 15 heavy (non-hydrogen) atoms. The minimum absolute atomic E-state index is 0.393. The van der Waals surface area contributed by atoms with Crippen molar-refractivity contribution in [2.24, 2.45) is 0 Å². The third-order valence-electron chi connectivity index (χ3n) is 2.53. The van der Waals surface area contributed by atoms with Gasteiger partial charge >= 0.3 is 0 Å². The summed E-state index contributed by atoms with van der Waals surface area (Å²) >= 11 is 0. The van der Waals surface area contributed by atoms with Crippen LogP contribution in [0.4, 0.5) is 5.95 Å². The van der Waals surface area contributed by atoms with Crippen molar-refractivity contribution in [2.75, 3.05) is 12.4 Å². The number of nitrogens with zero attached hydrogens (tertiary/aromatic N) is 3. The van der Waals surface area contributed by atoms with Crippen LogP contribution < -0.4 is 10.6 Å². The molecule has 0 radical (unpaired) electrons.